The molecule has 1 aliphatic rings. The van der Waals surface area contributed by atoms with Crippen LogP contribution in [0.5, 0.6) is 5.88 Å². The first-order valence-corrected chi connectivity index (χ1v) is 13.6. The number of hydrogen-bond donors (Lipinski definition) is 1. The highest BCUT2D eigenvalue weighted by atomic mass is 28.4. The summed E-state index contributed by atoms with van der Waals surface area (Å²) in [5.74, 6) is 0.162. The van der Waals surface area contributed by atoms with Crippen LogP contribution < -0.4 is 10.5 Å². The normalized spacial score (nSPS) is 17.1. The predicted octanol–water partition coefficient (Wildman–Crippen LogP) is 4.31. The fourth-order valence-corrected chi connectivity index (χ4v) is 4.67. The van der Waals surface area contributed by atoms with Crippen LogP contribution in [0.25, 0.3) is 11.2 Å². The van der Waals surface area contributed by atoms with Crippen molar-refractivity contribution in [3.63, 3.8) is 0 Å². The first-order chi connectivity index (χ1) is 14.0. The van der Waals surface area contributed by atoms with Crippen LogP contribution in [0.1, 0.15) is 70.3 Å². The lowest BCUT2D eigenvalue weighted by atomic mass is 9.98. The Morgan fingerprint density at radius 1 is 1.17 bits per heavy atom. The summed E-state index contributed by atoms with van der Waals surface area (Å²) in [5, 5.41) is 0.00295. The van der Waals surface area contributed by atoms with Gasteiger partial charge < -0.3 is 14.9 Å². The zero-order chi connectivity index (χ0) is 22.1. The van der Waals surface area contributed by atoms with Crippen LogP contribution in [0.3, 0.4) is 0 Å². The van der Waals surface area contributed by atoms with Gasteiger partial charge in [0.2, 0.25) is 17.6 Å². The van der Waals surface area contributed by atoms with E-state index in [9.17, 15) is 4.79 Å². The number of nitrogens with two attached hydrogens (primary N) is 1. The Kier molecular flexibility index (Phi) is 6.42. The molecular formula is C21H33N5O3Si. The third-order valence-corrected chi connectivity index (χ3v) is 10.7. The average Bonchev–Trinajstić information content (AvgIpc) is 2.66. The van der Waals surface area contributed by atoms with Crippen LogP contribution in [-0.2, 0) is 4.43 Å². The molecule has 1 aliphatic carbocycles. The topological polar surface area (TPSA) is 113 Å². The second-order valence-corrected chi connectivity index (χ2v) is 14.3. The van der Waals surface area contributed by atoms with Gasteiger partial charge in [0.1, 0.15) is 17.9 Å². The number of anilines is 1. The molecule has 0 aromatic carbocycles. The lowest BCUT2D eigenvalue weighted by Gasteiger charge is -2.37. The molecule has 2 aromatic rings. The van der Waals surface area contributed by atoms with Gasteiger partial charge >= 0.3 is 0 Å². The summed E-state index contributed by atoms with van der Waals surface area (Å²) >= 11 is 0. The number of rotatable bonds is 6. The van der Waals surface area contributed by atoms with Crippen LogP contribution >= 0.6 is 0 Å². The van der Waals surface area contributed by atoms with E-state index in [-0.39, 0.29) is 28.6 Å². The number of nitrogens with zero attached hydrogens (tertiary/aromatic N) is 4. The summed E-state index contributed by atoms with van der Waals surface area (Å²) in [6.45, 7) is 12.4. The minimum atomic E-state index is -2.10. The molecule has 1 atom stereocenters. The van der Waals surface area contributed by atoms with Crippen LogP contribution in [0, 0.1) is 0 Å². The SMILES string of the molecule is C[C@H](O[Si](C)(C)C(C)(C)C)C(=O)c1cnc2nc(N)nc(OC3CCCCC3)c2n1. The number of nitrogen functional groups attached to an aromatic ring is 1. The lowest BCUT2D eigenvalue weighted by molar-refractivity contribution is 0.0790. The van der Waals surface area contributed by atoms with Gasteiger partial charge in [0.15, 0.2) is 19.5 Å². The smallest absolute Gasteiger partial charge is 0.247 e. The van der Waals surface area contributed by atoms with Gasteiger partial charge in [0.25, 0.3) is 0 Å². The van der Waals surface area contributed by atoms with Crippen LogP contribution in [0.2, 0.25) is 18.1 Å². The fraction of sp³-hybridized carbons (Fsp3) is 0.667. The monoisotopic (exact) mass is 431 g/mol. The first-order valence-electron chi connectivity index (χ1n) is 10.7. The highest BCUT2D eigenvalue weighted by molar-refractivity contribution is 6.74. The predicted molar refractivity (Wildman–Crippen MR) is 119 cm³/mol. The van der Waals surface area contributed by atoms with Crippen molar-refractivity contribution in [1.82, 2.24) is 19.9 Å². The van der Waals surface area contributed by atoms with E-state index >= 15 is 0 Å². The van der Waals surface area contributed by atoms with Crippen molar-refractivity contribution >= 4 is 31.2 Å². The molecule has 0 radical (unpaired) electrons. The lowest BCUT2D eigenvalue weighted by Crippen LogP contribution is -2.45. The maximum absolute atomic E-state index is 13.0. The number of carbonyl (C=O) groups is 1. The van der Waals surface area contributed by atoms with E-state index in [1.54, 1.807) is 6.92 Å². The fourth-order valence-electron chi connectivity index (χ4n) is 3.32. The summed E-state index contributed by atoms with van der Waals surface area (Å²) in [5.41, 5.74) is 6.74. The Morgan fingerprint density at radius 3 is 2.47 bits per heavy atom. The van der Waals surface area contributed by atoms with E-state index in [4.69, 9.17) is 14.9 Å². The molecule has 0 aliphatic heterocycles. The van der Waals surface area contributed by atoms with E-state index in [2.05, 4.69) is 53.8 Å². The maximum atomic E-state index is 13.0. The molecule has 9 heteroatoms. The number of ketones is 1. The molecule has 1 fully saturated rings. The van der Waals surface area contributed by atoms with Gasteiger partial charge in [0, 0.05) is 0 Å². The Labute approximate surface area is 179 Å². The molecule has 3 rings (SSSR count). The Morgan fingerprint density at radius 2 is 1.83 bits per heavy atom. The second kappa shape index (κ2) is 8.54. The molecule has 8 nitrogen and oxygen atoms in total. The zero-order valence-electron chi connectivity index (χ0n) is 18.9. The van der Waals surface area contributed by atoms with E-state index in [1.807, 2.05) is 0 Å². The first kappa shape index (κ1) is 22.5. The van der Waals surface area contributed by atoms with Gasteiger partial charge in [-0.2, -0.15) is 9.97 Å². The van der Waals surface area contributed by atoms with E-state index < -0.39 is 14.4 Å². The van der Waals surface area contributed by atoms with Crippen molar-refractivity contribution in [2.75, 3.05) is 5.73 Å². The van der Waals surface area contributed by atoms with Crippen molar-refractivity contribution in [3.8, 4) is 5.88 Å². The molecule has 0 spiro atoms. The summed E-state index contributed by atoms with van der Waals surface area (Å²) in [4.78, 5) is 30.3. The molecule has 1 saturated carbocycles. The number of carbonyl (C=O) groups excluding carboxylic acids is 1. The van der Waals surface area contributed by atoms with Crippen LogP contribution in [-0.4, -0.2) is 46.2 Å². The van der Waals surface area contributed by atoms with Gasteiger partial charge in [-0.1, -0.05) is 27.2 Å². The second-order valence-electron chi connectivity index (χ2n) is 9.58. The Hall–Kier alpha value is -2.13. The molecule has 0 amide bonds. The number of ether oxygens (including phenoxy) is 1. The quantitative estimate of drug-likeness (QED) is 0.532. The van der Waals surface area contributed by atoms with Crippen molar-refractivity contribution < 1.29 is 14.0 Å². The largest absolute Gasteiger partial charge is 0.473 e. The highest BCUT2D eigenvalue weighted by Crippen LogP contribution is 2.37. The molecular weight excluding hydrogens is 398 g/mol. The third-order valence-electron chi connectivity index (χ3n) is 6.12. The number of Topliss-reactive ketones (excluding diaryl/α,β-unsaturated/α-hetero) is 1. The van der Waals surface area contributed by atoms with Crippen LogP contribution in [0.15, 0.2) is 6.20 Å². The summed E-state index contributed by atoms with van der Waals surface area (Å²) in [7, 11) is -2.10. The summed E-state index contributed by atoms with van der Waals surface area (Å²) < 4.78 is 12.3. The van der Waals surface area contributed by atoms with Gasteiger partial charge in [-0.25, -0.2) is 9.97 Å². The molecule has 30 heavy (non-hydrogen) atoms. The third kappa shape index (κ3) is 4.95. The van der Waals surface area contributed by atoms with Crippen molar-refractivity contribution in [2.45, 2.75) is 90.1 Å². The molecule has 0 bridgehead atoms. The van der Waals surface area contributed by atoms with Crippen LogP contribution in [0.4, 0.5) is 5.95 Å². The van der Waals surface area contributed by atoms with Gasteiger partial charge in [-0.3, -0.25) is 4.79 Å². The number of aromatic nitrogens is 4. The van der Waals surface area contributed by atoms with Gasteiger partial charge in [0.05, 0.1) is 6.20 Å². The minimum absolute atomic E-state index is 0.00295. The van der Waals surface area contributed by atoms with E-state index in [1.165, 1.54) is 12.6 Å². The molecule has 0 unspecified atom stereocenters. The van der Waals surface area contributed by atoms with Crippen molar-refractivity contribution in [3.05, 3.63) is 11.9 Å². The van der Waals surface area contributed by atoms with E-state index in [0.717, 1.165) is 25.7 Å². The van der Waals surface area contributed by atoms with Gasteiger partial charge in [-0.15, -0.1) is 0 Å². The Bertz CT molecular complexity index is 923. The zero-order valence-corrected chi connectivity index (χ0v) is 19.9. The molecule has 2 heterocycles. The molecule has 2 N–H and O–H groups in total. The van der Waals surface area contributed by atoms with Crippen molar-refractivity contribution in [1.29, 1.82) is 0 Å². The molecule has 0 saturated heterocycles. The number of fused-ring (bicyclic) bond motifs is 1. The molecule has 164 valence electrons. The molecule has 2 aromatic heterocycles. The summed E-state index contributed by atoms with van der Waals surface area (Å²) in [6.07, 6.45) is 6.28. The van der Waals surface area contributed by atoms with Crippen molar-refractivity contribution in [2.24, 2.45) is 0 Å². The van der Waals surface area contributed by atoms with Gasteiger partial charge in [-0.05, 0) is 50.7 Å². The maximum Gasteiger partial charge on any atom is 0.247 e. The Balaban J connectivity index is 1.88. The standard InChI is InChI=1S/C21H33N5O3Si/c1-13(29-30(5,6)21(2,3)4)17(27)15-12-23-18-16(24-15)19(26-20(22)25-18)28-14-10-8-7-9-11-14/h12-14H,7-11H2,1-6H3,(H2,22,23,25,26)/t13-/m0/s1. The minimum Gasteiger partial charge on any atom is -0.473 e. The van der Waals surface area contributed by atoms with E-state index in [0.29, 0.717) is 17.0 Å². The average molecular weight is 432 g/mol. The number of hydrogen-bond acceptors (Lipinski definition) is 8. The highest BCUT2D eigenvalue weighted by Gasteiger charge is 2.40. The summed E-state index contributed by atoms with van der Waals surface area (Å²) in [6, 6.07) is 0.